The summed E-state index contributed by atoms with van der Waals surface area (Å²) in [5, 5.41) is 3.17. The molecule has 0 aromatic heterocycles. The maximum atomic E-state index is 13.1. The van der Waals surface area contributed by atoms with Gasteiger partial charge >= 0.3 is 0 Å². The second-order valence-corrected chi connectivity index (χ2v) is 8.68. The number of benzene rings is 2. The van der Waals surface area contributed by atoms with Gasteiger partial charge in [0.25, 0.3) is 0 Å². The predicted molar refractivity (Wildman–Crippen MR) is 115 cm³/mol. The summed E-state index contributed by atoms with van der Waals surface area (Å²) in [6.07, 6.45) is 2.01. The molecule has 2 aromatic carbocycles. The molecule has 2 fully saturated rings. The number of halogens is 1. The number of anilines is 1. The van der Waals surface area contributed by atoms with E-state index in [1.807, 2.05) is 6.92 Å². The first kappa shape index (κ1) is 19.9. The van der Waals surface area contributed by atoms with Crippen molar-refractivity contribution < 1.29 is 9.18 Å². The number of nitrogens with one attached hydrogen (secondary N) is 1. The Hall–Kier alpha value is -2.40. The summed E-state index contributed by atoms with van der Waals surface area (Å²) < 4.78 is 13.1. The molecule has 0 radical (unpaired) electrons. The van der Waals surface area contributed by atoms with Crippen LogP contribution in [0.4, 0.5) is 10.1 Å². The van der Waals surface area contributed by atoms with Crippen LogP contribution in [0.25, 0.3) is 0 Å². The van der Waals surface area contributed by atoms with Gasteiger partial charge in [0.2, 0.25) is 5.91 Å². The van der Waals surface area contributed by atoms with Gasteiger partial charge in [-0.2, -0.15) is 0 Å². The molecule has 1 aliphatic heterocycles. The van der Waals surface area contributed by atoms with E-state index >= 15 is 0 Å². The fourth-order valence-electron chi connectivity index (χ4n) is 4.36. The molecule has 1 heterocycles. The van der Waals surface area contributed by atoms with Crippen molar-refractivity contribution in [2.24, 2.45) is 5.92 Å². The average Bonchev–Trinajstić information content (AvgIpc) is 3.35. The fourth-order valence-corrected chi connectivity index (χ4v) is 4.36. The lowest BCUT2D eigenvalue weighted by Crippen LogP contribution is -2.31. The van der Waals surface area contributed by atoms with Gasteiger partial charge in [-0.25, -0.2) is 4.39 Å². The Labute approximate surface area is 172 Å². The van der Waals surface area contributed by atoms with E-state index in [1.54, 1.807) is 12.1 Å². The second kappa shape index (κ2) is 8.15. The number of rotatable bonds is 6. The minimum Gasteiger partial charge on any atom is -0.370 e. The van der Waals surface area contributed by atoms with Crippen molar-refractivity contribution >= 4 is 11.6 Å². The van der Waals surface area contributed by atoms with Crippen LogP contribution in [0.1, 0.15) is 42.9 Å². The molecule has 4 nitrogen and oxygen atoms in total. The summed E-state index contributed by atoms with van der Waals surface area (Å²) in [6.45, 7) is 4.14. The van der Waals surface area contributed by atoms with E-state index in [0.717, 1.165) is 30.6 Å². The number of nitrogens with zero attached hydrogens (tertiary/aromatic N) is 2. The first-order valence-corrected chi connectivity index (χ1v) is 10.5. The Kier molecular flexibility index (Phi) is 5.59. The lowest BCUT2D eigenvalue weighted by molar-refractivity contribution is -0.123. The zero-order chi connectivity index (χ0) is 20.5. The van der Waals surface area contributed by atoms with Gasteiger partial charge in [0.15, 0.2) is 0 Å². The molecule has 1 saturated carbocycles. The highest BCUT2D eigenvalue weighted by Crippen LogP contribution is 2.47. The maximum absolute atomic E-state index is 13.1. The van der Waals surface area contributed by atoms with Crippen molar-refractivity contribution in [3.8, 4) is 0 Å². The summed E-state index contributed by atoms with van der Waals surface area (Å²) in [5.74, 6) is 0.0529. The van der Waals surface area contributed by atoms with Crippen molar-refractivity contribution in [1.82, 2.24) is 10.2 Å². The zero-order valence-electron chi connectivity index (χ0n) is 17.4. The molecule has 4 unspecified atom stereocenters. The molecule has 2 aliphatic rings. The molecule has 2 aromatic rings. The SMILES string of the molecule is CC(NC(=O)C1CC1c1ccc(F)cc1)c1cccc(N2CCC(N(C)C)C2)c1. The summed E-state index contributed by atoms with van der Waals surface area (Å²) >= 11 is 0. The van der Waals surface area contributed by atoms with Gasteiger partial charge in [-0.1, -0.05) is 24.3 Å². The van der Waals surface area contributed by atoms with Crippen LogP contribution in [-0.4, -0.2) is 44.0 Å². The van der Waals surface area contributed by atoms with Crippen LogP contribution in [0.15, 0.2) is 48.5 Å². The van der Waals surface area contributed by atoms with Crippen molar-refractivity contribution in [2.75, 3.05) is 32.1 Å². The van der Waals surface area contributed by atoms with Crippen LogP contribution < -0.4 is 10.2 Å². The quantitative estimate of drug-likeness (QED) is 0.805. The lowest BCUT2D eigenvalue weighted by Gasteiger charge is -2.23. The normalized spacial score (nSPS) is 24.6. The molecule has 29 heavy (non-hydrogen) atoms. The Morgan fingerprint density at radius 2 is 1.97 bits per heavy atom. The summed E-state index contributed by atoms with van der Waals surface area (Å²) in [4.78, 5) is 17.4. The second-order valence-electron chi connectivity index (χ2n) is 8.68. The minimum atomic E-state index is -0.237. The molecule has 1 N–H and O–H groups in total. The van der Waals surface area contributed by atoms with Gasteiger partial charge < -0.3 is 15.1 Å². The molecule has 0 spiro atoms. The first-order chi connectivity index (χ1) is 13.9. The topological polar surface area (TPSA) is 35.6 Å². The van der Waals surface area contributed by atoms with Gasteiger partial charge in [-0.05, 0) is 75.2 Å². The number of likely N-dealkylation sites (N-methyl/N-ethyl adjacent to an activating group) is 1. The van der Waals surface area contributed by atoms with E-state index in [-0.39, 0.29) is 29.6 Å². The van der Waals surface area contributed by atoms with E-state index in [1.165, 1.54) is 24.2 Å². The molecule has 0 bridgehead atoms. The van der Waals surface area contributed by atoms with Crippen LogP contribution in [0.5, 0.6) is 0 Å². The van der Waals surface area contributed by atoms with Crippen LogP contribution in [0.3, 0.4) is 0 Å². The monoisotopic (exact) mass is 395 g/mol. The molecule has 1 amide bonds. The van der Waals surface area contributed by atoms with Gasteiger partial charge in [0.1, 0.15) is 5.82 Å². The third-order valence-electron chi connectivity index (χ3n) is 6.41. The van der Waals surface area contributed by atoms with E-state index in [9.17, 15) is 9.18 Å². The van der Waals surface area contributed by atoms with Crippen molar-refractivity contribution in [3.05, 3.63) is 65.5 Å². The maximum Gasteiger partial charge on any atom is 0.224 e. The van der Waals surface area contributed by atoms with Gasteiger partial charge in [-0.3, -0.25) is 4.79 Å². The lowest BCUT2D eigenvalue weighted by atomic mass is 10.1. The molecule has 5 heteroatoms. The molecule has 1 saturated heterocycles. The number of amides is 1. The smallest absolute Gasteiger partial charge is 0.224 e. The van der Waals surface area contributed by atoms with E-state index in [0.29, 0.717) is 6.04 Å². The average molecular weight is 396 g/mol. The van der Waals surface area contributed by atoms with Gasteiger partial charge in [0, 0.05) is 30.7 Å². The van der Waals surface area contributed by atoms with Crippen molar-refractivity contribution in [2.45, 2.75) is 37.8 Å². The molecule has 1 aliphatic carbocycles. The van der Waals surface area contributed by atoms with E-state index in [2.05, 4.69) is 53.5 Å². The molecule has 4 rings (SSSR count). The fraction of sp³-hybridized carbons (Fsp3) is 0.458. The minimum absolute atomic E-state index is 0.00877. The largest absolute Gasteiger partial charge is 0.370 e. The summed E-state index contributed by atoms with van der Waals surface area (Å²) in [6, 6.07) is 15.6. The van der Waals surface area contributed by atoms with Crippen LogP contribution >= 0.6 is 0 Å². The number of hydrogen-bond donors (Lipinski definition) is 1. The predicted octanol–water partition coefficient (Wildman–Crippen LogP) is 3.95. The molecular formula is C24H30FN3O. The van der Waals surface area contributed by atoms with E-state index < -0.39 is 0 Å². The van der Waals surface area contributed by atoms with Crippen molar-refractivity contribution in [1.29, 1.82) is 0 Å². The Balaban J connectivity index is 1.36. The number of hydrogen-bond acceptors (Lipinski definition) is 3. The highest BCUT2D eigenvalue weighted by molar-refractivity contribution is 5.83. The van der Waals surface area contributed by atoms with Crippen LogP contribution in [0.2, 0.25) is 0 Å². The Morgan fingerprint density at radius 3 is 2.66 bits per heavy atom. The first-order valence-electron chi connectivity index (χ1n) is 10.5. The highest BCUT2D eigenvalue weighted by atomic mass is 19.1. The highest BCUT2D eigenvalue weighted by Gasteiger charge is 2.44. The molecular weight excluding hydrogens is 365 g/mol. The van der Waals surface area contributed by atoms with Crippen LogP contribution in [-0.2, 0) is 4.79 Å². The number of carbonyl (C=O) groups excluding carboxylic acids is 1. The van der Waals surface area contributed by atoms with Crippen molar-refractivity contribution in [3.63, 3.8) is 0 Å². The van der Waals surface area contributed by atoms with Crippen LogP contribution in [0, 0.1) is 11.7 Å². The summed E-state index contributed by atoms with van der Waals surface area (Å²) in [5.41, 5.74) is 3.40. The van der Waals surface area contributed by atoms with E-state index in [4.69, 9.17) is 0 Å². The Morgan fingerprint density at radius 1 is 1.21 bits per heavy atom. The van der Waals surface area contributed by atoms with Gasteiger partial charge in [0.05, 0.1) is 6.04 Å². The summed E-state index contributed by atoms with van der Waals surface area (Å²) in [7, 11) is 4.28. The third-order valence-corrected chi connectivity index (χ3v) is 6.41. The zero-order valence-corrected chi connectivity index (χ0v) is 17.4. The molecule has 154 valence electrons. The Bertz CT molecular complexity index is 867. The standard InChI is InChI=1S/C24H30FN3O/c1-16(26-24(29)23-14-22(23)17-7-9-19(25)10-8-17)18-5-4-6-20(13-18)28-12-11-21(15-28)27(2)3/h4-10,13,16,21-23H,11-12,14-15H2,1-3H3,(H,26,29). The van der Waals surface area contributed by atoms with Gasteiger partial charge in [-0.15, -0.1) is 0 Å². The third kappa shape index (κ3) is 4.45. The molecule has 4 atom stereocenters. The number of carbonyl (C=O) groups is 1.